The predicted octanol–water partition coefficient (Wildman–Crippen LogP) is 4.37. The van der Waals surface area contributed by atoms with Crippen LogP contribution in [0.3, 0.4) is 0 Å². The van der Waals surface area contributed by atoms with E-state index in [1.165, 1.54) is 10.5 Å². The Bertz CT molecular complexity index is 937. The number of hydrogen-bond acceptors (Lipinski definition) is 3. The zero-order chi connectivity index (χ0) is 21.6. The van der Waals surface area contributed by atoms with E-state index in [2.05, 4.69) is 27.8 Å². The van der Waals surface area contributed by atoms with Gasteiger partial charge in [0.05, 0.1) is 24.0 Å². The Balaban J connectivity index is 1.53. The smallest absolute Gasteiger partial charge is 0.330 e. The number of nitrogens with zero attached hydrogens (tertiary/aromatic N) is 2. The molecule has 2 aromatic rings. The van der Waals surface area contributed by atoms with E-state index >= 15 is 0 Å². The molecule has 1 spiro atoms. The fraction of sp³-hybridized carbons (Fsp3) is 0.455. The molecule has 1 aliphatic heterocycles. The molecular weight excluding hydrogens is 393 g/mol. The van der Waals surface area contributed by atoms with Crippen LogP contribution in [0.4, 0.5) is 23.7 Å². The van der Waals surface area contributed by atoms with Crippen LogP contribution in [0.25, 0.3) is 0 Å². The van der Waals surface area contributed by atoms with Crippen LogP contribution in [0.2, 0.25) is 0 Å². The molecule has 2 heterocycles. The number of aromatic nitrogens is 1. The Kier molecular flexibility index (Phi) is 5.00. The van der Waals surface area contributed by atoms with Gasteiger partial charge in [0.25, 0.3) is 0 Å². The summed E-state index contributed by atoms with van der Waals surface area (Å²) in [5.74, 6) is 0. The van der Waals surface area contributed by atoms with E-state index in [0.717, 1.165) is 37.9 Å². The molecule has 1 aromatic heterocycles. The number of benzene rings is 1. The minimum atomic E-state index is -4.50. The Labute approximate surface area is 173 Å². The Morgan fingerprint density at radius 2 is 1.80 bits per heavy atom. The molecule has 1 aromatic carbocycles. The van der Waals surface area contributed by atoms with Crippen molar-refractivity contribution >= 4 is 11.7 Å². The quantitative estimate of drug-likeness (QED) is 0.779. The zero-order valence-corrected chi connectivity index (χ0v) is 17.0. The summed E-state index contributed by atoms with van der Waals surface area (Å²) in [7, 11) is 1.96. The summed E-state index contributed by atoms with van der Waals surface area (Å²) in [6.07, 6.45) is -0.0928. The molecule has 1 saturated carbocycles. The average Bonchev–Trinajstić information content (AvgIpc) is 3.04. The van der Waals surface area contributed by atoms with Crippen LogP contribution >= 0.6 is 0 Å². The minimum Gasteiger partial charge on any atom is -0.330 e. The Morgan fingerprint density at radius 3 is 2.37 bits per heavy atom. The fourth-order valence-corrected chi connectivity index (χ4v) is 4.77. The number of carbonyl (C=O) groups is 1. The first-order valence-corrected chi connectivity index (χ1v) is 10.1. The van der Waals surface area contributed by atoms with Gasteiger partial charge in [-0.2, -0.15) is 13.2 Å². The number of pyridine rings is 1. The van der Waals surface area contributed by atoms with E-state index in [-0.39, 0.29) is 17.1 Å². The number of aryl methyl sites for hydroxylation is 1. The zero-order valence-electron chi connectivity index (χ0n) is 17.0. The van der Waals surface area contributed by atoms with Crippen molar-refractivity contribution in [3.8, 4) is 0 Å². The van der Waals surface area contributed by atoms with Crippen LogP contribution in [-0.2, 0) is 11.7 Å². The SMILES string of the molecule is CN[C@]1(c2ccccc2)CC[C@]2(CC1)CN(c1cnc(C(F)(F)F)cc1C)C(=O)N2. The lowest BCUT2D eigenvalue weighted by Crippen LogP contribution is -2.53. The summed E-state index contributed by atoms with van der Waals surface area (Å²) in [6, 6.07) is 11.0. The first kappa shape index (κ1) is 20.7. The standard InChI is InChI=1S/C22H25F3N4O/c1-15-12-18(22(23,24)25)27-13-17(15)29-14-20(28-19(29)30)8-10-21(26-2,11-9-20)16-6-4-3-5-7-16/h3-7,12-13,26H,8-11,14H2,1-2H3,(H,28,30)/t20-,21+. The van der Waals surface area contributed by atoms with Crippen LogP contribution < -0.4 is 15.5 Å². The topological polar surface area (TPSA) is 57.3 Å². The highest BCUT2D eigenvalue weighted by Crippen LogP contribution is 2.44. The van der Waals surface area contributed by atoms with Gasteiger partial charge >= 0.3 is 12.2 Å². The molecule has 1 aliphatic carbocycles. The summed E-state index contributed by atoms with van der Waals surface area (Å²) < 4.78 is 38.8. The largest absolute Gasteiger partial charge is 0.433 e. The molecule has 8 heteroatoms. The average molecular weight is 418 g/mol. The number of halogens is 3. The molecule has 0 bridgehead atoms. The van der Waals surface area contributed by atoms with Crippen molar-refractivity contribution in [3.05, 3.63) is 59.4 Å². The third-order valence-corrected chi connectivity index (χ3v) is 6.61. The molecule has 0 atom stereocenters. The molecular formula is C22H25F3N4O. The number of hydrogen-bond donors (Lipinski definition) is 2. The summed E-state index contributed by atoms with van der Waals surface area (Å²) in [5, 5.41) is 6.59. The van der Waals surface area contributed by atoms with Crippen molar-refractivity contribution < 1.29 is 18.0 Å². The number of nitrogens with one attached hydrogen (secondary N) is 2. The molecule has 2 N–H and O–H groups in total. The van der Waals surface area contributed by atoms with Crippen molar-refractivity contribution in [1.82, 2.24) is 15.6 Å². The van der Waals surface area contributed by atoms with Crippen LogP contribution in [0.1, 0.15) is 42.5 Å². The Hall–Kier alpha value is -2.61. The van der Waals surface area contributed by atoms with Gasteiger partial charge in [-0.15, -0.1) is 0 Å². The minimum absolute atomic E-state index is 0.142. The summed E-state index contributed by atoms with van der Waals surface area (Å²) in [6.45, 7) is 2.00. The monoisotopic (exact) mass is 418 g/mol. The number of anilines is 1. The first-order chi connectivity index (χ1) is 14.2. The van der Waals surface area contributed by atoms with Gasteiger partial charge in [-0.1, -0.05) is 30.3 Å². The molecule has 0 radical (unpaired) electrons. The normalized spacial score (nSPS) is 26.8. The number of carbonyl (C=O) groups excluding carboxylic acids is 1. The second-order valence-corrected chi connectivity index (χ2v) is 8.35. The number of rotatable bonds is 3. The predicted molar refractivity (Wildman–Crippen MR) is 108 cm³/mol. The van der Waals surface area contributed by atoms with Gasteiger partial charge in [0.1, 0.15) is 5.69 Å². The van der Waals surface area contributed by atoms with Gasteiger partial charge < -0.3 is 10.6 Å². The fourth-order valence-electron chi connectivity index (χ4n) is 4.77. The van der Waals surface area contributed by atoms with E-state index in [1.807, 2.05) is 25.2 Å². The first-order valence-electron chi connectivity index (χ1n) is 10.1. The number of amides is 2. The molecule has 4 rings (SSSR count). The van der Waals surface area contributed by atoms with E-state index in [4.69, 9.17) is 0 Å². The summed E-state index contributed by atoms with van der Waals surface area (Å²) in [4.78, 5) is 17.8. The summed E-state index contributed by atoms with van der Waals surface area (Å²) in [5.41, 5.74) is 0.557. The van der Waals surface area contributed by atoms with E-state index in [9.17, 15) is 18.0 Å². The van der Waals surface area contributed by atoms with Crippen molar-refractivity contribution in [1.29, 1.82) is 0 Å². The molecule has 2 amide bonds. The maximum Gasteiger partial charge on any atom is 0.433 e. The molecule has 160 valence electrons. The highest BCUT2D eigenvalue weighted by molar-refractivity contribution is 5.95. The van der Waals surface area contributed by atoms with Gasteiger partial charge in [-0.25, -0.2) is 9.78 Å². The van der Waals surface area contributed by atoms with E-state index in [0.29, 0.717) is 17.8 Å². The Morgan fingerprint density at radius 1 is 1.13 bits per heavy atom. The second-order valence-electron chi connectivity index (χ2n) is 8.35. The second kappa shape index (κ2) is 7.27. The van der Waals surface area contributed by atoms with Crippen molar-refractivity contribution in [2.75, 3.05) is 18.5 Å². The number of alkyl halides is 3. The molecule has 2 aliphatic rings. The lowest BCUT2D eigenvalue weighted by atomic mass is 9.69. The maximum atomic E-state index is 12.9. The third-order valence-electron chi connectivity index (χ3n) is 6.61. The van der Waals surface area contributed by atoms with Gasteiger partial charge in [0, 0.05) is 5.54 Å². The van der Waals surface area contributed by atoms with E-state index in [1.54, 1.807) is 6.92 Å². The van der Waals surface area contributed by atoms with Crippen molar-refractivity contribution in [2.24, 2.45) is 0 Å². The van der Waals surface area contributed by atoms with Crippen LogP contribution in [-0.4, -0.2) is 30.1 Å². The van der Waals surface area contributed by atoms with Crippen LogP contribution in [0, 0.1) is 6.92 Å². The van der Waals surface area contributed by atoms with Gasteiger partial charge in [-0.05, 0) is 56.8 Å². The van der Waals surface area contributed by atoms with Crippen LogP contribution in [0.15, 0.2) is 42.6 Å². The van der Waals surface area contributed by atoms with Crippen LogP contribution in [0.5, 0.6) is 0 Å². The highest BCUT2D eigenvalue weighted by atomic mass is 19.4. The molecule has 0 unspecified atom stereocenters. The summed E-state index contributed by atoms with van der Waals surface area (Å²) >= 11 is 0. The molecule has 30 heavy (non-hydrogen) atoms. The van der Waals surface area contributed by atoms with Crippen molar-refractivity contribution in [3.63, 3.8) is 0 Å². The third kappa shape index (κ3) is 3.53. The van der Waals surface area contributed by atoms with Crippen molar-refractivity contribution in [2.45, 2.75) is 49.9 Å². The van der Waals surface area contributed by atoms with Gasteiger partial charge in [0.15, 0.2) is 0 Å². The molecule has 5 nitrogen and oxygen atoms in total. The molecule has 1 saturated heterocycles. The maximum absolute atomic E-state index is 12.9. The number of urea groups is 1. The van der Waals surface area contributed by atoms with E-state index < -0.39 is 11.9 Å². The highest BCUT2D eigenvalue weighted by Gasteiger charge is 2.49. The lowest BCUT2D eigenvalue weighted by Gasteiger charge is -2.45. The lowest BCUT2D eigenvalue weighted by molar-refractivity contribution is -0.141. The van der Waals surface area contributed by atoms with Gasteiger partial charge in [0.2, 0.25) is 0 Å². The van der Waals surface area contributed by atoms with Gasteiger partial charge in [-0.3, -0.25) is 4.90 Å². The molecule has 2 fully saturated rings.